The Kier molecular flexibility index (Phi) is 38.2. The highest BCUT2D eigenvalue weighted by Gasteiger charge is 2.46. The molecule has 1 saturated heterocycles. The lowest BCUT2D eigenvalue weighted by atomic mass is 9.90. The number of hydrogen-bond acceptors (Lipinski definition) is 14. The maximum Gasteiger partial charge on any atom is 0.256 e. The third-order valence-corrected chi connectivity index (χ3v) is 19.4. The first kappa shape index (κ1) is 86.5. The Bertz CT molecular complexity index is 2470. The minimum Gasteiger partial charge on any atom is -0.396 e. The summed E-state index contributed by atoms with van der Waals surface area (Å²) in [6, 6.07) is -12.6. The lowest BCUT2D eigenvalue weighted by Gasteiger charge is -2.41. The number of aliphatic hydroxyl groups excluding tert-OH is 2. The van der Waals surface area contributed by atoms with Crippen molar-refractivity contribution in [3.63, 3.8) is 0 Å². The molecule has 24 nitrogen and oxygen atoms in total. The summed E-state index contributed by atoms with van der Waals surface area (Å²) in [6.45, 7) is 30.2. The van der Waals surface area contributed by atoms with Crippen molar-refractivity contribution in [2.45, 2.75) is 273 Å². The fourth-order valence-electron chi connectivity index (χ4n) is 12.0. The van der Waals surface area contributed by atoms with E-state index >= 15 is 28.8 Å². The molecule has 0 aromatic carbocycles. The maximum absolute atomic E-state index is 15.4. The molecule has 25 heteroatoms. The molecule has 1 heterocycles. The van der Waals surface area contributed by atoms with E-state index in [1.54, 1.807) is 41.5 Å². The van der Waals surface area contributed by atoms with Gasteiger partial charge < -0.3 is 65.8 Å². The summed E-state index contributed by atoms with van der Waals surface area (Å²) in [7, 11) is 10.1. The van der Waals surface area contributed by atoms with E-state index in [1.165, 1.54) is 92.6 Å². The van der Waals surface area contributed by atoms with Gasteiger partial charge in [-0.25, -0.2) is 0 Å². The van der Waals surface area contributed by atoms with Crippen LogP contribution in [0.25, 0.3) is 0 Å². The molecule has 11 amide bonds. The molecule has 1 fully saturated rings. The molecule has 13 atom stereocenters. The molecule has 6 N–H and O–H groups in total. The van der Waals surface area contributed by atoms with E-state index in [-0.39, 0.29) is 62.4 Å². The number of likely N-dealkylation sites (N-methyl/N-ethyl adjacent to an activating group) is 7. The molecule has 0 radical (unpaired) electrons. The van der Waals surface area contributed by atoms with Gasteiger partial charge in [-0.1, -0.05) is 136 Å². The minimum atomic E-state index is -1.62. The molecule has 1 aliphatic heterocycles. The van der Waals surface area contributed by atoms with Crippen molar-refractivity contribution in [2.24, 2.45) is 41.4 Å². The summed E-state index contributed by atoms with van der Waals surface area (Å²) in [6.07, 6.45) is 5.02. The molecular formula is C69H127N11O13S. The Balaban J connectivity index is 4.53. The SMILES string of the molecule is CCCCCCC[C@@H](C)[C@@H](O)[C@H]1C(=O)N[C@@H](CC)C(=O)N(C)[C@H](SCCCCO)C(=O)N(C)[C@@H](CC(C)C)C(=O)N[C@@H](C(C)C)C(=O)N(C)[C@@H](CC(C)C)C(=O)N[C@@H](C)C(=O)N[C@H](C)C(=O)N(C)[C@@H](CC(C)C)C(=O)N(C)[C@@H](CC(C)C)C(=O)N(C)[C@@H](C(C)C)C(=O)N1C. The van der Waals surface area contributed by atoms with Gasteiger partial charge in [0.05, 0.1) is 6.10 Å². The van der Waals surface area contributed by atoms with E-state index in [2.05, 4.69) is 28.2 Å². The van der Waals surface area contributed by atoms with Crippen LogP contribution in [0.2, 0.25) is 0 Å². The molecule has 0 saturated carbocycles. The zero-order valence-corrected chi connectivity index (χ0v) is 62.8. The topological polar surface area (TPSA) is 299 Å². The quantitative estimate of drug-likeness (QED) is 0.0652. The van der Waals surface area contributed by atoms with Crippen molar-refractivity contribution in [1.29, 1.82) is 0 Å². The van der Waals surface area contributed by atoms with Gasteiger partial charge in [0.2, 0.25) is 59.1 Å². The second-order valence-corrected chi connectivity index (χ2v) is 30.0. The molecule has 0 aliphatic carbocycles. The first-order valence-corrected chi connectivity index (χ1v) is 35.7. The van der Waals surface area contributed by atoms with E-state index in [4.69, 9.17) is 0 Å². The summed E-state index contributed by atoms with van der Waals surface area (Å²) >= 11 is 1.11. The van der Waals surface area contributed by atoms with Crippen LogP contribution in [0.4, 0.5) is 0 Å². The molecule has 0 aromatic rings. The van der Waals surface area contributed by atoms with Crippen LogP contribution >= 0.6 is 11.8 Å². The van der Waals surface area contributed by atoms with Gasteiger partial charge >= 0.3 is 0 Å². The zero-order chi connectivity index (χ0) is 72.5. The zero-order valence-electron chi connectivity index (χ0n) is 62.0. The number of amides is 11. The number of nitrogens with one attached hydrogen (secondary N) is 4. The van der Waals surface area contributed by atoms with Gasteiger partial charge in [-0.05, 0) is 112 Å². The van der Waals surface area contributed by atoms with Gasteiger partial charge in [-0.15, -0.1) is 11.8 Å². The van der Waals surface area contributed by atoms with Crippen molar-refractivity contribution >= 4 is 76.7 Å². The standard InChI is InChI=1S/C69H127N11O13S/c1-25-27-28-29-30-33-46(15)57(82)56-61(86)72-49(26-2)63(88)80(24)69(94-35-32-31-34-81)68(93)75(19)51(37-41(5)6)60(85)73-54(44(11)12)66(91)74(18)50(36-40(3)4)59(84)70-47(16)58(83)71-48(17)62(87)76(20)52(38-42(7)8)64(89)77(21)53(39-43(9)10)65(90)78(22)55(45(13)14)67(92)79(56)23/h40-57,69,81-82H,25-39H2,1-24H3,(H,70,84)(H,71,83)(H,72,86)(H,73,85)/t46-,47+,48-,49+,50+,51+,52+,53+,54+,55+,56+,57-,69-/m1/s1. The van der Waals surface area contributed by atoms with Gasteiger partial charge in [0.25, 0.3) is 5.91 Å². The molecular weight excluding hydrogens is 1220 g/mol. The van der Waals surface area contributed by atoms with Crippen molar-refractivity contribution in [2.75, 3.05) is 61.7 Å². The molecule has 542 valence electrons. The van der Waals surface area contributed by atoms with Crippen LogP contribution in [0.1, 0.15) is 201 Å². The average molecular weight is 1350 g/mol. The van der Waals surface area contributed by atoms with Crippen molar-refractivity contribution < 1.29 is 63.0 Å². The number of carbonyl (C=O) groups is 11. The van der Waals surface area contributed by atoms with Crippen LogP contribution in [-0.4, -0.2) is 243 Å². The van der Waals surface area contributed by atoms with Crippen LogP contribution in [0.3, 0.4) is 0 Å². The van der Waals surface area contributed by atoms with Crippen LogP contribution in [0.15, 0.2) is 0 Å². The fraction of sp³-hybridized carbons (Fsp3) is 0.841. The largest absolute Gasteiger partial charge is 0.396 e. The van der Waals surface area contributed by atoms with Crippen LogP contribution in [0.5, 0.6) is 0 Å². The van der Waals surface area contributed by atoms with Crippen LogP contribution in [-0.2, 0) is 52.7 Å². The van der Waals surface area contributed by atoms with Gasteiger partial charge in [0, 0.05) is 55.9 Å². The number of thioether (sulfide) groups is 1. The second kappa shape index (κ2) is 41.5. The Morgan fingerprint density at radius 3 is 1.32 bits per heavy atom. The van der Waals surface area contributed by atoms with Gasteiger partial charge in [0.1, 0.15) is 60.4 Å². The van der Waals surface area contributed by atoms with Crippen LogP contribution in [0, 0.1) is 41.4 Å². The second-order valence-electron chi connectivity index (χ2n) is 28.8. The summed E-state index contributed by atoms with van der Waals surface area (Å²) in [5, 5.41) is 32.1. The predicted molar refractivity (Wildman–Crippen MR) is 370 cm³/mol. The summed E-state index contributed by atoms with van der Waals surface area (Å²) < 4.78 is 0. The number of rotatable bonds is 24. The number of unbranched alkanes of at least 4 members (excludes halogenated alkanes) is 5. The smallest absolute Gasteiger partial charge is 0.256 e. The van der Waals surface area contributed by atoms with E-state index in [0.29, 0.717) is 25.0 Å². The lowest BCUT2D eigenvalue weighted by Crippen LogP contribution is -2.64. The number of aliphatic hydroxyl groups is 2. The number of carbonyl (C=O) groups excluding carboxylic acids is 11. The highest BCUT2D eigenvalue weighted by molar-refractivity contribution is 8.00. The van der Waals surface area contributed by atoms with Gasteiger partial charge in [0.15, 0.2) is 5.37 Å². The monoisotopic (exact) mass is 1350 g/mol. The first-order chi connectivity index (χ1) is 43.7. The van der Waals surface area contributed by atoms with E-state index < -0.39 is 155 Å². The van der Waals surface area contributed by atoms with Crippen molar-refractivity contribution in [3.8, 4) is 0 Å². The molecule has 0 bridgehead atoms. The molecule has 0 aromatic heterocycles. The Hall–Kier alpha value is -5.56. The highest BCUT2D eigenvalue weighted by atomic mass is 32.2. The molecule has 1 aliphatic rings. The Labute approximate surface area is 569 Å². The minimum absolute atomic E-state index is 0.00416. The number of hydrogen-bond donors (Lipinski definition) is 6. The van der Waals surface area contributed by atoms with E-state index in [9.17, 15) is 34.2 Å². The fourth-order valence-corrected chi connectivity index (χ4v) is 13.3. The van der Waals surface area contributed by atoms with Gasteiger partial charge in [-0.2, -0.15) is 0 Å². The van der Waals surface area contributed by atoms with E-state index in [1.807, 2.05) is 55.4 Å². The molecule has 94 heavy (non-hydrogen) atoms. The van der Waals surface area contributed by atoms with Crippen molar-refractivity contribution in [1.82, 2.24) is 55.6 Å². The molecule has 1 rings (SSSR count). The van der Waals surface area contributed by atoms with Crippen molar-refractivity contribution in [3.05, 3.63) is 0 Å². The third-order valence-electron chi connectivity index (χ3n) is 18.0. The molecule has 0 spiro atoms. The maximum atomic E-state index is 15.4. The first-order valence-electron chi connectivity index (χ1n) is 34.7. The van der Waals surface area contributed by atoms with Crippen LogP contribution < -0.4 is 21.3 Å². The predicted octanol–water partition coefficient (Wildman–Crippen LogP) is 5.50. The van der Waals surface area contributed by atoms with Gasteiger partial charge in [-0.3, -0.25) is 52.7 Å². The van der Waals surface area contributed by atoms with E-state index in [0.717, 1.165) is 48.8 Å². The average Bonchev–Trinajstić information content (AvgIpc) is 0.823. The normalized spacial score (nSPS) is 26.2. The summed E-state index contributed by atoms with van der Waals surface area (Å²) in [5.41, 5.74) is 0. The molecule has 0 unspecified atom stereocenters. The summed E-state index contributed by atoms with van der Waals surface area (Å²) in [5.74, 6) is -9.51. The Morgan fingerprint density at radius 2 is 0.851 bits per heavy atom. The number of nitrogens with zero attached hydrogens (tertiary/aromatic N) is 7. The summed E-state index contributed by atoms with van der Waals surface area (Å²) in [4.78, 5) is 173. The Morgan fingerprint density at radius 1 is 0.415 bits per heavy atom. The highest BCUT2D eigenvalue weighted by Crippen LogP contribution is 2.28. The lowest BCUT2D eigenvalue weighted by molar-refractivity contribution is -0.157. The third kappa shape index (κ3) is 25.5.